The summed E-state index contributed by atoms with van der Waals surface area (Å²) >= 11 is 3.34. The van der Waals surface area contributed by atoms with Crippen LogP contribution in [0.25, 0.3) is 0 Å². The maximum Gasteiger partial charge on any atom is 0.216 e. The van der Waals surface area contributed by atoms with Crippen LogP contribution in [0.3, 0.4) is 0 Å². The van der Waals surface area contributed by atoms with E-state index < -0.39 is 0 Å². The summed E-state index contributed by atoms with van der Waals surface area (Å²) in [5, 5.41) is 8.69. The van der Waals surface area contributed by atoms with Crippen LogP contribution in [0.5, 0.6) is 5.88 Å². The molecule has 0 atom stereocenters. The molecular weight excluding hydrogens is 234 g/mol. The first-order chi connectivity index (χ1) is 6.27. The van der Waals surface area contributed by atoms with Gasteiger partial charge >= 0.3 is 0 Å². The van der Waals surface area contributed by atoms with Crippen LogP contribution in [0.4, 0.5) is 0 Å². The number of pyridine rings is 1. The van der Waals surface area contributed by atoms with Gasteiger partial charge in [-0.15, -0.1) is 0 Å². The molecule has 0 spiro atoms. The largest absolute Gasteiger partial charge is 0.481 e. The van der Waals surface area contributed by atoms with Crippen molar-refractivity contribution >= 4 is 15.9 Å². The minimum absolute atomic E-state index is 0.190. The van der Waals surface area contributed by atoms with Gasteiger partial charge < -0.3 is 9.84 Å². The fourth-order valence-corrected chi connectivity index (χ4v) is 1.48. The Hall–Kier alpha value is -0.610. The van der Waals surface area contributed by atoms with Gasteiger partial charge in [0.15, 0.2) is 0 Å². The van der Waals surface area contributed by atoms with Crippen LogP contribution in [0.2, 0.25) is 0 Å². The quantitative estimate of drug-likeness (QED) is 0.880. The Kier molecular flexibility index (Phi) is 4.18. The summed E-state index contributed by atoms with van der Waals surface area (Å²) in [5.41, 5.74) is 1.02. The Morgan fingerprint density at radius 2 is 2.38 bits per heavy atom. The minimum atomic E-state index is 0.190. The van der Waals surface area contributed by atoms with Crippen LogP contribution in [-0.2, 0) is 6.42 Å². The minimum Gasteiger partial charge on any atom is -0.481 e. The molecule has 0 aromatic carbocycles. The van der Waals surface area contributed by atoms with E-state index in [2.05, 4.69) is 20.9 Å². The Balaban J connectivity index is 2.81. The summed E-state index contributed by atoms with van der Waals surface area (Å²) in [5.74, 6) is 0.636. The lowest BCUT2D eigenvalue weighted by Crippen LogP contribution is -1.96. The maximum absolute atomic E-state index is 8.69. The van der Waals surface area contributed by atoms with E-state index in [1.54, 1.807) is 13.3 Å². The number of ether oxygens (including phenoxy) is 1. The molecule has 1 N–H and O–H groups in total. The number of hydrogen-bond donors (Lipinski definition) is 1. The fourth-order valence-electron chi connectivity index (χ4n) is 1.10. The Labute approximate surface area is 85.9 Å². The molecule has 0 unspecified atom stereocenters. The van der Waals surface area contributed by atoms with Crippen molar-refractivity contribution in [3.8, 4) is 5.88 Å². The predicted molar refractivity (Wildman–Crippen MR) is 53.9 cm³/mol. The van der Waals surface area contributed by atoms with Crippen LogP contribution in [0, 0.1) is 0 Å². The molecule has 3 nitrogen and oxygen atoms in total. The monoisotopic (exact) mass is 245 g/mol. The second kappa shape index (κ2) is 5.19. The molecule has 1 heterocycles. The molecular formula is C9H12BrNO2. The Bertz CT molecular complexity index is 278. The topological polar surface area (TPSA) is 42.4 Å². The van der Waals surface area contributed by atoms with Crippen molar-refractivity contribution in [1.29, 1.82) is 0 Å². The van der Waals surface area contributed by atoms with Gasteiger partial charge in [-0.2, -0.15) is 0 Å². The van der Waals surface area contributed by atoms with Crippen LogP contribution >= 0.6 is 15.9 Å². The van der Waals surface area contributed by atoms with Gasteiger partial charge in [0.25, 0.3) is 0 Å². The summed E-state index contributed by atoms with van der Waals surface area (Å²) in [6.07, 6.45) is 3.21. The molecule has 72 valence electrons. The first kappa shape index (κ1) is 10.5. The first-order valence-corrected chi connectivity index (χ1v) is 4.86. The van der Waals surface area contributed by atoms with E-state index in [-0.39, 0.29) is 6.61 Å². The van der Waals surface area contributed by atoms with Gasteiger partial charge in [0.2, 0.25) is 5.88 Å². The number of nitrogens with zero attached hydrogens (tertiary/aromatic N) is 1. The summed E-state index contributed by atoms with van der Waals surface area (Å²) in [6.45, 7) is 0.190. The summed E-state index contributed by atoms with van der Waals surface area (Å²) < 4.78 is 6.02. The number of aliphatic hydroxyl groups is 1. The molecule has 0 amide bonds. The molecule has 0 fully saturated rings. The molecule has 0 aliphatic heterocycles. The van der Waals surface area contributed by atoms with Crippen LogP contribution in [0.15, 0.2) is 16.7 Å². The molecule has 0 radical (unpaired) electrons. The molecule has 0 bridgehead atoms. The van der Waals surface area contributed by atoms with Gasteiger partial charge in [-0.05, 0) is 34.8 Å². The lowest BCUT2D eigenvalue weighted by atomic mass is 10.1. The van der Waals surface area contributed by atoms with Gasteiger partial charge in [0.05, 0.1) is 7.11 Å². The standard InChI is InChI=1S/C9H12BrNO2/c1-13-9-7(3-2-4-12)5-8(10)6-11-9/h5-6,12H,2-4H2,1H3. The van der Waals surface area contributed by atoms with E-state index in [9.17, 15) is 0 Å². The molecule has 4 heteroatoms. The highest BCUT2D eigenvalue weighted by Gasteiger charge is 2.04. The smallest absolute Gasteiger partial charge is 0.216 e. The van der Waals surface area contributed by atoms with Gasteiger partial charge in [-0.25, -0.2) is 4.98 Å². The van der Waals surface area contributed by atoms with Crippen molar-refractivity contribution in [3.63, 3.8) is 0 Å². The van der Waals surface area contributed by atoms with E-state index in [0.717, 1.165) is 22.9 Å². The van der Waals surface area contributed by atoms with Gasteiger partial charge in [0.1, 0.15) is 0 Å². The highest BCUT2D eigenvalue weighted by atomic mass is 79.9. The fraction of sp³-hybridized carbons (Fsp3) is 0.444. The molecule has 0 saturated carbocycles. The van der Waals surface area contributed by atoms with Crippen LogP contribution in [0.1, 0.15) is 12.0 Å². The summed E-state index contributed by atoms with van der Waals surface area (Å²) in [7, 11) is 1.60. The average molecular weight is 246 g/mol. The van der Waals surface area contributed by atoms with Gasteiger partial charge in [-0.1, -0.05) is 0 Å². The van der Waals surface area contributed by atoms with Crippen molar-refractivity contribution in [2.24, 2.45) is 0 Å². The lowest BCUT2D eigenvalue weighted by molar-refractivity contribution is 0.287. The third-order valence-corrected chi connectivity index (χ3v) is 2.12. The van der Waals surface area contributed by atoms with E-state index in [4.69, 9.17) is 9.84 Å². The van der Waals surface area contributed by atoms with Crippen molar-refractivity contribution in [1.82, 2.24) is 4.98 Å². The molecule has 0 saturated heterocycles. The van der Waals surface area contributed by atoms with Crippen LogP contribution < -0.4 is 4.74 Å². The Morgan fingerprint density at radius 3 is 3.00 bits per heavy atom. The summed E-state index contributed by atoms with van der Waals surface area (Å²) in [6, 6.07) is 1.96. The Morgan fingerprint density at radius 1 is 1.62 bits per heavy atom. The first-order valence-electron chi connectivity index (χ1n) is 4.07. The van der Waals surface area contributed by atoms with Gasteiger partial charge in [-0.3, -0.25) is 0 Å². The van der Waals surface area contributed by atoms with Crippen molar-refractivity contribution in [3.05, 3.63) is 22.3 Å². The van der Waals surface area contributed by atoms with Crippen molar-refractivity contribution < 1.29 is 9.84 Å². The number of aromatic nitrogens is 1. The number of rotatable bonds is 4. The van der Waals surface area contributed by atoms with Gasteiger partial charge in [0, 0.05) is 22.8 Å². The summed E-state index contributed by atoms with van der Waals surface area (Å²) in [4.78, 5) is 4.10. The van der Waals surface area contributed by atoms with Crippen molar-refractivity contribution in [2.75, 3.05) is 13.7 Å². The highest BCUT2D eigenvalue weighted by molar-refractivity contribution is 9.10. The SMILES string of the molecule is COc1ncc(Br)cc1CCCO. The third kappa shape index (κ3) is 2.97. The zero-order chi connectivity index (χ0) is 9.68. The van der Waals surface area contributed by atoms with Crippen molar-refractivity contribution in [2.45, 2.75) is 12.8 Å². The molecule has 1 aromatic heterocycles. The maximum atomic E-state index is 8.69. The van der Waals surface area contributed by atoms with E-state index in [1.807, 2.05) is 6.07 Å². The second-order valence-electron chi connectivity index (χ2n) is 2.65. The third-order valence-electron chi connectivity index (χ3n) is 1.69. The zero-order valence-corrected chi connectivity index (χ0v) is 9.04. The molecule has 13 heavy (non-hydrogen) atoms. The number of halogens is 1. The number of aliphatic hydroxyl groups excluding tert-OH is 1. The predicted octanol–water partition coefficient (Wildman–Crippen LogP) is 1.78. The normalized spacial score (nSPS) is 10.1. The van der Waals surface area contributed by atoms with E-state index in [1.165, 1.54) is 0 Å². The number of aryl methyl sites for hydroxylation is 1. The van der Waals surface area contributed by atoms with E-state index >= 15 is 0 Å². The second-order valence-corrected chi connectivity index (χ2v) is 3.56. The number of hydrogen-bond acceptors (Lipinski definition) is 3. The molecule has 1 rings (SSSR count). The molecule has 0 aliphatic carbocycles. The zero-order valence-electron chi connectivity index (χ0n) is 7.46. The number of methoxy groups -OCH3 is 1. The average Bonchev–Trinajstić information content (AvgIpc) is 2.15. The molecule has 0 aliphatic rings. The lowest BCUT2D eigenvalue weighted by Gasteiger charge is -2.06. The highest BCUT2D eigenvalue weighted by Crippen LogP contribution is 2.20. The van der Waals surface area contributed by atoms with E-state index in [0.29, 0.717) is 5.88 Å². The van der Waals surface area contributed by atoms with Crippen LogP contribution in [-0.4, -0.2) is 23.8 Å². The molecule has 1 aromatic rings.